The van der Waals surface area contributed by atoms with E-state index >= 15 is 0 Å². The molecule has 3 nitrogen and oxygen atoms in total. The smallest absolute Gasteiger partial charge is 0.160 e. The SMILES string of the molecule is CC(=O)CS(=O)(=O)C1CCCC1. The van der Waals surface area contributed by atoms with Crippen LogP contribution in [0.5, 0.6) is 0 Å². The van der Waals surface area contributed by atoms with Crippen LogP contribution in [0.4, 0.5) is 0 Å². The predicted molar refractivity (Wildman–Crippen MR) is 46.7 cm³/mol. The monoisotopic (exact) mass is 190 g/mol. The molecular formula is C8H14O3S. The van der Waals surface area contributed by atoms with Crippen LogP contribution in [-0.4, -0.2) is 25.2 Å². The fourth-order valence-corrected chi connectivity index (χ4v) is 3.50. The van der Waals surface area contributed by atoms with Crippen molar-refractivity contribution in [1.82, 2.24) is 0 Å². The molecule has 0 amide bonds. The van der Waals surface area contributed by atoms with Gasteiger partial charge < -0.3 is 0 Å². The third-order valence-corrected chi connectivity index (χ3v) is 4.51. The third-order valence-electron chi connectivity index (χ3n) is 2.21. The summed E-state index contributed by atoms with van der Waals surface area (Å²) in [7, 11) is -3.11. The fourth-order valence-electron chi connectivity index (χ4n) is 1.65. The van der Waals surface area contributed by atoms with Crippen molar-refractivity contribution in [2.45, 2.75) is 37.9 Å². The summed E-state index contributed by atoms with van der Waals surface area (Å²) in [5.41, 5.74) is 0. The Morgan fingerprint density at radius 1 is 1.33 bits per heavy atom. The summed E-state index contributed by atoms with van der Waals surface area (Å²) in [6.45, 7) is 1.33. The van der Waals surface area contributed by atoms with Gasteiger partial charge in [0.05, 0.1) is 5.25 Å². The molecule has 0 unspecified atom stereocenters. The average molecular weight is 190 g/mol. The topological polar surface area (TPSA) is 51.2 Å². The number of carbonyl (C=O) groups excluding carboxylic acids is 1. The van der Waals surface area contributed by atoms with Gasteiger partial charge in [-0.05, 0) is 19.8 Å². The van der Waals surface area contributed by atoms with E-state index in [-0.39, 0.29) is 16.8 Å². The second kappa shape index (κ2) is 3.56. The van der Waals surface area contributed by atoms with Gasteiger partial charge in [0.25, 0.3) is 0 Å². The first kappa shape index (κ1) is 9.71. The van der Waals surface area contributed by atoms with E-state index in [0.29, 0.717) is 0 Å². The van der Waals surface area contributed by atoms with Crippen molar-refractivity contribution in [2.75, 3.05) is 5.75 Å². The van der Waals surface area contributed by atoms with E-state index in [1.807, 2.05) is 0 Å². The first-order chi connectivity index (χ1) is 5.52. The Labute approximate surface area is 73.1 Å². The molecular weight excluding hydrogens is 176 g/mol. The van der Waals surface area contributed by atoms with E-state index in [9.17, 15) is 13.2 Å². The van der Waals surface area contributed by atoms with Crippen molar-refractivity contribution >= 4 is 15.6 Å². The highest BCUT2D eigenvalue weighted by atomic mass is 32.2. The van der Waals surface area contributed by atoms with Crippen molar-refractivity contribution in [3.05, 3.63) is 0 Å². The lowest BCUT2D eigenvalue weighted by Crippen LogP contribution is -2.24. The molecule has 0 spiro atoms. The minimum atomic E-state index is -3.11. The van der Waals surface area contributed by atoms with Gasteiger partial charge in [-0.2, -0.15) is 0 Å². The summed E-state index contributed by atoms with van der Waals surface area (Å²) in [6.07, 6.45) is 3.47. The molecule has 0 aliphatic heterocycles. The molecule has 0 aromatic rings. The number of rotatable bonds is 3. The van der Waals surface area contributed by atoms with Crippen LogP contribution < -0.4 is 0 Å². The zero-order valence-corrected chi connectivity index (χ0v) is 8.06. The summed E-state index contributed by atoms with van der Waals surface area (Å²) in [5.74, 6) is -0.514. The van der Waals surface area contributed by atoms with Crippen LogP contribution in [0.1, 0.15) is 32.6 Å². The van der Waals surface area contributed by atoms with Crippen LogP contribution in [-0.2, 0) is 14.6 Å². The van der Waals surface area contributed by atoms with Crippen molar-refractivity contribution < 1.29 is 13.2 Å². The number of ketones is 1. The Balaban J connectivity index is 2.64. The number of hydrogen-bond acceptors (Lipinski definition) is 3. The van der Waals surface area contributed by atoms with Crippen LogP contribution >= 0.6 is 0 Å². The molecule has 0 aromatic carbocycles. The molecule has 1 aliphatic rings. The number of carbonyl (C=O) groups is 1. The van der Waals surface area contributed by atoms with Crippen molar-refractivity contribution in [1.29, 1.82) is 0 Å². The Morgan fingerprint density at radius 2 is 1.83 bits per heavy atom. The zero-order chi connectivity index (χ0) is 9.19. The van der Waals surface area contributed by atoms with Gasteiger partial charge in [0.15, 0.2) is 9.84 Å². The van der Waals surface area contributed by atoms with E-state index in [2.05, 4.69) is 0 Å². The Kier molecular flexibility index (Phi) is 2.88. The van der Waals surface area contributed by atoms with E-state index < -0.39 is 9.84 Å². The summed E-state index contributed by atoms with van der Waals surface area (Å²) in [5, 5.41) is -0.235. The van der Waals surface area contributed by atoms with Crippen LogP contribution in [0.25, 0.3) is 0 Å². The van der Waals surface area contributed by atoms with Crippen LogP contribution in [0.15, 0.2) is 0 Å². The van der Waals surface area contributed by atoms with E-state index in [4.69, 9.17) is 0 Å². The molecule has 1 rings (SSSR count). The van der Waals surface area contributed by atoms with E-state index in [0.717, 1.165) is 25.7 Å². The van der Waals surface area contributed by atoms with Crippen molar-refractivity contribution in [3.63, 3.8) is 0 Å². The maximum absolute atomic E-state index is 11.4. The van der Waals surface area contributed by atoms with Crippen molar-refractivity contribution in [3.8, 4) is 0 Å². The highest BCUT2D eigenvalue weighted by Gasteiger charge is 2.29. The standard InChI is InChI=1S/C8H14O3S/c1-7(9)6-12(10,11)8-4-2-3-5-8/h8H,2-6H2,1H3. The molecule has 1 saturated carbocycles. The lowest BCUT2D eigenvalue weighted by Gasteiger charge is -2.08. The average Bonchev–Trinajstić information content (AvgIpc) is 2.32. The summed E-state index contributed by atoms with van der Waals surface area (Å²) < 4.78 is 22.8. The molecule has 0 radical (unpaired) electrons. The molecule has 4 heteroatoms. The lowest BCUT2D eigenvalue weighted by atomic mass is 10.4. The quantitative estimate of drug-likeness (QED) is 0.665. The maximum Gasteiger partial charge on any atom is 0.160 e. The molecule has 1 aliphatic carbocycles. The number of Topliss-reactive ketones (excluding diaryl/α,β-unsaturated/α-hetero) is 1. The Hall–Kier alpha value is -0.380. The van der Waals surface area contributed by atoms with Gasteiger partial charge in [-0.25, -0.2) is 8.42 Å². The minimum Gasteiger partial charge on any atom is -0.299 e. The molecule has 0 N–H and O–H groups in total. The van der Waals surface area contributed by atoms with Gasteiger partial charge in [-0.3, -0.25) is 4.79 Å². The van der Waals surface area contributed by atoms with Crippen LogP contribution in [0.3, 0.4) is 0 Å². The van der Waals surface area contributed by atoms with Gasteiger partial charge in [-0.15, -0.1) is 0 Å². The van der Waals surface area contributed by atoms with Crippen molar-refractivity contribution in [2.24, 2.45) is 0 Å². The van der Waals surface area contributed by atoms with Crippen LogP contribution in [0, 0.1) is 0 Å². The maximum atomic E-state index is 11.4. The van der Waals surface area contributed by atoms with Gasteiger partial charge in [0, 0.05) is 0 Å². The van der Waals surface area contributed by atoms with E-state index in [1.165, 1.54) is 6.92 Å². The molecule has 1 fully saturated rings. The molecule has 70 valence electrons. The number of hydrogen-bond donors (Lipinski definition) is 0. The normalized spacial score (nSPS) is 19.8. The third kappa shape index (κ3) is 2.30. The highest BCUT2D eigenvalue weighted by Crippen LogP contribution is 2.24. The van der Waals surface area contributed by atoms with Gasteiger partial charge >= 0.3 is 0 Å². The zero-order valence-electron chi connectivity index (χ0n) is 7.25. The van der Waals surface area contributed by atoms with E-state index in [1.54, 1.807) is 0 Å². The molecule has 0 bridgehead atoms. The van der Waals surface area contributed by atoms with Gasteiger partial charge in [0.1, 0.15) is 11.5 Å². The summed E-state index contributed by atoms with van der Waals surface area (Å²) in [4.78, 5) is 10.6. The Morgan fingerprint density at radius 3 is 2.25 bits per heavy atom. The summed E-state index contributed by atoms with van der Waals surface area (Å²) in [6, 6.07) is 0. The predicted octanol–water partition coefficient (Wildman–Crippen LogP) is 0.933. The van der Waals surface area contributed by atoms with Gasteiger partial charge in [0.2, 0.25) is 0 Å². The highest BCUT2D eigenvalue weighted by molar-refractivity contribution is 7.92. The lowest BCUT2D eigenvalue weighted by molar-refractivity contribution is -0.114. The molecule has 0 heterocycles. The molecule has 0 saturated heterocycles. The Bertz CT molecular complexity index is 260. The molecule has 12 heavy (non-hydrogen) atoms. The molecule has 0 atom stereocenters. The first-order valence-corrected chi connectivity index (χ1v) is 5.95. The second-order valence-corrected chi connectivity index (χ2v) is 5.70. The largest absolute Gasteiger partial charge is 0.299 e. The first-order valence-electron chi connectivity index (χ1n) is 4.23. The fraction of sp³-hybridized carbons (Fsp3) is 0.875. The van der Waals surface area contributed by atoms with Gasteiger partial charge in [-0.1, -0.05) is 12.8 Å². The molecule has 0 aromatic heterocycles. The van der Waals surface area contributed by atoms with Crippen LogP contribution in [0.2, 0.25) is 0 Å². The summed E-state index contributed by atoms with van der Waals surface area (Å²) >= 11 is 0. The number of sulfone groups is 1. The second-order valence-electron chi connectivity index (χ2n) is 3.42. The minimum absolute atomic E-state index is 0.235.